The van der Waals surface area contributed by atoms with Crippen LogP contribution in [0.5, 0.6) is 0 Å². The number of hydrogen-bond acceptors (Lipinski definition) is 4. The molecule has 1 atom stereocenters. The summed E-state index contributed by atoms with van der Waals surface area (Å²) in [5, 5.41) is 9.41. The maximum atomic E-state index is 11.9. The van der Waals surface area contributed by atoms with Crippen LogP contribution in [0.15, 0.2) is 10.6 Å². The minimum absolute atomic E-state index is 0.202. The molecule has 6 heteroatoms. The summed E-state index contributed by atoms with van der Waals surface area (Å²) in [7, 11) is 0. The number of carboxylic acid groups (broad SMARTS) is 1. The molecule has 2 heterocycles. The lowest BCUT2D eigenvalue weighted by Crippen LogP contribution is -2.28. The Balaban J connectivity index is 2.38. The van der Waals surface area contributed by atoms with Crippen LogP contribution in [0.1, 0.15) is 13.3 Å². The fraction of sp³-hybridized carbons (Fsp3) is 0.500. The molecule has 0 spiro atoms. The number of aliphatic carboxylic acids is 1. The highest BCUT2D eigenvalue weighted by Crippen LogP contribution is 2.42. The Morgan fingerprint density at radius 1 is 1.56 bits per heavy atom. The zero-order valence-corrected chi connectivity index (χ0v) is 9.54. The van der Waals surface area contributed by atoms with Gasteiger partial charge in [-0.1, -0.05) is 0 Å². The normalized spacial score (nSPS) is 23.9. The zero-order chi connectivity index (χ0) is 11.9. The van der Waals surface area contributed by atoms with Crippen LogP contribution in [0.4, 0.5) is 0 Å². The van der Waals surface area contributed by atoms with Crippen molar-refractivity contribution in [2.45, 2.75) is 13.3 Å². The number of fused-ring (bicyclic) bond motifs is 1. The first kappa shape index (κ1) is 11.2. The summed E-state index contributed by atoms with van der Waals surface area (Å²) in [4.78, 5) is 35.6. The first-order valence-corrected chi connectivity index (χ1v) is 5.92. The SMILES string of the molecule is CC(=O)C1=C2SCCN2C(=O)C1CC(=O)O. The quantitative estimate of drug-likeness (QED) is 0.777. The molecule has 2 aliphatic rings. The predicted molar refractivity (Wildman–Crippen MR) is 57.6 cm³/mol. The van der Waals surface area contributed by atoms with Gasteiger partial charge >= 0.3 is 5.97 Å². The number of hydrogen-bond donors (Lipinski definition) is 1. The Labute approximate surface area is 96.5 Å². The fourth-order valence-corrected chi connectivity index (χ4v) is 3.31. The number of ketones is 1. The Kier molecular flexibility index (Phi) is 2.75. The molecule has 0 bridgehead atoms. The number of carboxylic acids is 1. The molecular formula is C10H11NO4S. The monoisotopic (exact) mass is 241 g/mol. The lowest BCUT2D eigenvalue weighted by atomic mass is 9.95. The average Bonchev–Trinajstić information content (AvgIpc) is 2.70. The molecule has 1 N–H and O–H groups in total. The second kappa shape index (κ2) is 3.93. The van der Waals surface area contributed by atoms with E-state index < -0.39 is 11.9 Å². The van der Waals surface area contributed by atoms with Gasteiger partial charge in [0.25, 0.3) is 0 Å². The van der Waals surface area contributed by atoms with E-state index in [1.54, 1.807) is 0 Å². The second-order valence-corrected chi connectivity index (χ2v) is 4.85. The van der Waals surface area contributed by atoms with Crippen molar-refractivity contribution in [3.8, 4) is 0 Å². The number of carbonyl (C=O) groups is 3. The van der Waals surface area contributed by atoms with Crippen molar-refractivity contribution in [3.63, 3.8) is 0 Å². The van der Waals surface area contributed by atoms with Gasteiger partial charge in [0, 0.05) is 17.9 Å². The number of nitrogens with zero attached hydrogens (tertiary/aromatic N) is 1. The van der Waals surface area contributed by atoms with Gasteiger partial charge in [-0.2, -0.15) is 0 Å². The van der Waals surface area contributed by atoms with Crippen LogP contribution in [0.3, 0.4) is 0 Å². The van der Waals surface area contributed by atoms with Crippen LogP contribution in [0.25, 0.3) is 0 Å². The molecule has 1 amide bonds. The van der Waals surface area contributed by atoms with E-state index in [-0.39, 0.29) is 18.1 Å². The zero-order valence-electron chi connectivity index (χ0n) is 8.73. The Morgan fingerprint density at radius 3 is 2.81 bits per heavy atom. The van der Waals surface area contributed by atoms with Gasteiger partial charge in [-0.25, -0.2) is 0 Å². The molecule has 1 saturated heterocycles. The van der Waals surface area contributed by atoms with Crippen LogP contribution in [-0.4, -0.2) is 40.0 Å². The van der Waals surface area contributed by atoms with E-state index in [0.717, 1.165) is 5.75 Å². The smallest absolute Gasteiger partial charge is 0.304 e. The third-order valence-electron chi connectivity index (χ3n) is 2.70. The van der Waals surface area contributed by atoms with Gasteiger partial charge in [-0.15, -0.1) is 11.8 Å². The molecule has 5 nitrogen and oxygen atoms in total. The predicted octanol–water partition coefficient (Wildman–Crippen LogP) is 0.467. The molecular weight excluding hydrogens is 230 g/mol. The Morgan fingerprint density at radius 2 is 2.25 bits per heavy atom. The third-order valence-corrected chi connectivity index (χ3v) is 3.80. The van der Waals surface area contributed by atoms with Gasteiger partial charge in [0.15, 0.2) is 5.78 Å². The van der Waals surface area contributed by atoms with E-state index in [2.05, 4.69) is 0 Å². The van der Waals surface area contributed by atoms with Gasteiger partial charge in [0.05, 0.1) is 17.4 Å². The largest absolute Gasteiger partial charge is 0.481 e. The molecule has 1 fully saturated rings. The summed E-state index contributed by atoms with van der Waals surface area (Å²) >= 11 is 1.45. The first-order chi connectivity index (χ1) is 7.52. The van der Waals surface area contributed by atoms with Crippen LogP contribution in [0, 0.1) is 5.92 Å². The standard InChI is InChI=1S/C10H11NO4S/c1-5(12)8-6(4-7(13)14)9(15)11-2-3-16-10(8)11/h6H,2-4H2,1H3,(H,13,14). The summed E-state index contributed by atoms with van der Waals surface area (Å²) in [5.74, 6) is -1.50. The van der Waals surface area contributed by atoms with Crippen molar-refractivity contribution in [1.82, 2.24) is 4.90 Å². The summed E-state index contributed by atoms with van der Waals surface area (Å²) in [6.45, 7) is 1.96. The number of rotatable bonds is 3. The average molecular weight is 241 g/mol. The van der Waals surface area contributed by atoms with Gasteiger partial charge in [-0.05, 0) is 6.92 Å². The molecule has 0 aromatic carbocycles. The van der Waals surface area contributed by atoms with E-state index in [9.17, 15) is 14.4 Å². The highest BCUT2D eigenvalue weighted by atomic mass is 32.2. The van der Waals surface area contributed by atoms with Crippen molar-refractivity contribution >= 4 is 29.4 Å². The van der Waals surface area contributed by atoms with E-state index in [1.807, 2.05) is 0 Å². The Hall–Kier alpha value is -1.30. The maximum Gasteiger partial charge on any atom is 0.304 e. The van der Waals surface area contributed by atoms with Gasteiger partial charge in [-0.3, -0.25) is 14.4 Å². The molecule has 0 aromatic heterocycles. The molecule has 0 saturated carbocycles. The lowest BCUT2D eigenvalue weighted by Gasteiger charge is -2.11. The van der Waals surface area contributed by atoms with E-state index in [0.29, 0.717) is 17.1 Å². The molecule has 2 rings (SSSR count). The number of amides is 1. The molecule has 16 heavy (non-hydrogen) atoms. The summed E-state index contributed by atoms with van der Waals surface area (Å²) < 4.78 is 0. The maximum absolute atomic E-state index is 11.9. The second-order valence-electron chi connectivity index (χ2n) is 3.76. The highest BCUT2D eigenvalue weighted by Gasteiger charge is 2.44. The molecule has 86 valence electrons. The number of carbonyl (C=O) groups excluding carboxylic acids is 2. The topological polar surface area (TPSA) is 74.7 Å². The first-order valence-electron chi connectivity index (χ1n) is 4.93. The van der Waals surface area contributed by atoms with Gasteiger partial charge in [0.2, 0.25) is 5.91 Å². The minimum Gasteiger partial charge on any atom is -0.481 e. The molecule has 0 radical (unpaired) electrons. The van der Waals surface area contributed by atoms with E-state index in [4.69, 9.17) is 5.11 Å². The van der Waals surface area contributed by atoms with E-state index in [1.165, 1.54) is 23.6 Å². The summed E-state index contributed by atoms with van der Waals surface area (Å²) in [5.41, 5.74) is 0.384. The van der Waals surface area contributed by atoms with Crippen molar-refractivity contribution in [2.24, 2.45) is 5.92 Å². The van der Waals surface area contributed by atoms with Gasteiger partial charge in [0.1, 0.15) is 0 Å². The molecule has 0 aromatic rings. The molecule has 0 aliphatic carbocycles. The summed E-state index contributed by atoms with van der Waals surface area (Å²) in [6.07, 6.45) is -0.297. The number of Topliss-reactive ketones (excluding diaryl/α,β-unsaturated/α-hetero) is 1. The van der Waals surface area contributed by atoms with Gasteiger partial charge < -0.3 is 10.0 Å². The lowest BCUT2D eigenvalue weighted by molar-refractivity contribution is -0.141. The molecule has 1 unspecified atom stereocenters. The fourth-order valence-electron chi connectivity index (χ4n) is 2.07. The minimum atomic E-state index is -1.05. The van der Waals surface area contributed by atoms with Crippen LogP contribution in [-0.2, 0) is 14.4 Å². The van der Waals surface area contributed by atoms with Crippen LogP contribution < -0.4 is 0 Å². The summed E-state index contributed by atoms with van der Waals surface area (Å²) in [6, 6.07) is 0. The number of thioether (sulfide) groups is 1. The molecule has 2 aliphatic heterocycles. The van der Waals surface area contributed by atoms with Crippen molar-refractivity contribution in [1.29, 1.82) is 0 Å². The Bertz CT molecular complexity index is 415. The van der Waals surface area contributed by atoms with Crippen LogP contribution >= 0.6 is 11.8 Å². The third kappa shape index (κ3) is 1.63. The highest BCUT2D eigenvalue weighted by molar-refractivity contribution is 8.03. The van der Waals surface area contributed by atoms with Crippen molar-refractivity contribution < 1.29 is 19.5 Å². The van der Waals surface area contributed by atoms with Crippen molar-refractivity contribution in [3.05, 3.63) is 10.6 Å². The van der Waals surface area contributed by atoms with Crippen molar-refractivity contribution in [2.75, 3.05) is 12.3 Å². The van der Waals surface area contributed by atoms with E-state index >= 15 is 0 Å². The van der Waals surface area contributed by atoms with Crippen LogP contribution in [0.2, 0.25) is 0 Å².